The van der Waals surface area contributed by atoms with Crippen LogP contribution >= 0.6 is 11.6 Å². The average Bonchev–Trinajstić information content (AvgIpc) is 2.07. The Morgan fingerprint density at radius 1 is 1.57 bits per heavy atom. The van der Waals surface area contributed by atoms with Crippen molar-refractivity contribution >= 4 is 17.6 Å². The molecule has 0 unspecified atom stereocenters. The van der Waals surface area contributed by atoms with E-state index in [9.17, 15) is 4.79 Å². The molecule has 0 fully saturated rings. The number of rotatable bonds is 3. The van der Waals surface area contributed by atoms with Crippen LogP contribution < -0.4 is 0 Å². The third-order valence-electron chi connectivity index (χ3n) is 1.71. The molecule has 4 nitrogen and oxygen atoms in total. The van der Waals surface area contributed by atoms with E-state index in [2.05, 4.69) is 9.97 Å². The standard InChI is InChI=1S/C9H11ClN2O2/c1-5(2)3-6-7(9(13)14)11-4-12-8(6)10/h4-5H,3H2,1-2H3,(H,13,14). The molecule has 0 aromatic carbocycles. The molecule has 0 saturated heterocycles. The first-order valence-electron chi connectivity index (χ1n) is 4.25. The Hall–Kier alpha value is -1.16. The summed E-state index contributed by atoms with van der Waals surface area (Å²) in [4.78, 5) is 18.3. The van der Waals surface area contributed by atoms with Crippen LogP contribution in [0.1, 0.15) is 29.9 Å². The van der Waals surface area contributed by atoms with E-state index in [0.29, 0.717) is 17.9 Å². The van der Waals surface area contributed by atoms with E-state index >= 15 is 0 Å². The molecule has 0 bridgehead atoms. The highest BCUT2D eigenvalue weighted by atomic mass is 35.5. The molecule has 0 atom stereocenters. The zero-order valence-electron chi connectivity index (χ0n) is 7.99. The fourth-order valence-corrected chi connectivity index (χ4v) is 1.37. The molecule has 0 aliphatic rings. The van der Waals surface area contributed by atoms with Gasteiger partial charge in [0.25, 0.3) is 0 Å². The van der Waals surface area contributed by atoms with Crippen molar-refractivity contribution in [2.45, 2.75) is 20.3 Å². The van der Waals surface area contributed by atoms with Gasteiger partial charge >= 0.3 is 5.97 Å². The molecule has 0 radical (unpaired) electrons. The lowest BCUT2D eigenvalue weighted by Crippen LogP contribution is -2.09. The summed E-state index contributed by atoms with van der Waals surface area (Å²) in [7, 11) is 0. The van der Waals surface area contributed by atoms with Gasteiger partial charge in [-0.15, -0.1) is 0 Å². The number of carboxylic acid groups (broad SMARTS) is 1. The van der Waals surface area contributed by atoms with E-state index < -0.39 is 5.97 Å². The number of carbonyl (C=O) groups is 1. The van der Waals surface area contributed by atoms with Crippen LogP contribution in [0.25, 0.3) is 0 Å². The molecule has 1 rings (SSSR count). The third-order valence-corrected chi connectivity index (χ3v) is 2.03. The van der Waals surface area contributed by atoms with Crippen molar-refractivity contribution in [1.29, 1.82) is 0 Å². The molecule has 0 spiro atoms. The van der Waals surface area contributed by atoms with E-state index in [1.54, 1.807) is 0 Å². The summed E-state index contributed by atoms with van der Waals surface area (Å²) in [5.74, 6) is -0.749. The first-order valence-corrected chi connectivity index (χ1v) is 4.62. The molecule has 0 aliphatic carbocycles. The van der Waals surface area contributed by atoms with Gasteiger partial charge in [0.1, 0.15) is 11.5 Å². The molecule has 0 saturated carbocycles. The summed E-state index contributed by atoms with van der Waals surface area (Å²) < 4.78 is 0. The van der Waals surface area contributed by atoms with Crippen molar-refractivity contribution in [2.75, 3.05) is 0 Å². The van der Waals surface area contributed by atoms with Crippen LogP contribution in [-0.2, 0) is 6.42 Å². The maximum atomic E-state index is 10.8. The summed E-state index contributed by atoms with van der Waals surface area (Å²) in [6.07, 6.45) is 1.73. The van der Waals surface area contributed by atoms with Crippen LogP contribution in [0.15, 0.2) is 6.33 Å². The number of carboxylic acids is 1. The molecule has 14 heavy (non-hydrogen) atoms. The van der Waals surface area contributed by atoms with Gasteiger partial charge < -0.3 is 5.11 Å². The van der Waals surface area contributed by atoms with Crippen molar-refractivity contribution in [3.8, 4) is 0 Å². The van der Waals surface area contributed by atoms with Gasteiger partial charge in [-0.1, -0.05) is 25.4 Å². The first kappa shape index (κ1) is 10.9. The van der Waals surface area contributed by atoms with Crippen LogP contribution in [0.2, 0.25) is 5.15 Å². The molecule has 1 aromatic heterocycles. The summed E-state index contributed by atoms with van der Waals surface area (Å²) >= 11 is 5.80. The second kappa shape index (κ2) is 4.37. The number of halogens is 1. The van der Waals surface area contributed by atoms with Crippen LogP contribution in [0, 0.1) is 5.92 Å². The molecular weight excluding hydrogens is 204 g/mol. The topological polar surface area (TPSA) is 63.1 Å². The molecule has 1 heterocycles. The minimum absolute atomic E-state index is 0.00120. The monoisotopic (exact) mass is 214 g/mol. The largest absolute Gasteiger partial charge is 0.476 e. The van der Waals surface area contributed by atoms with Gasteiger partial charge in [-0.05, 0) is 12.3 Å². The van der Waals surface area contributed by atoms with Crippen LogP contribution in [0.5, 0.6) is 0 Å². The predicted molar refractivity (Wildman–Crippen MR) is 52.5 cm³/mol. The van der Waals surface area contributed by atoms with Gasteiger partial charge in [-0.2, -0.15) is 0 Å². The predicted octanol–water partition coefficient (Wildman–Crippen LogP) is 2.03. The number of nitrogens with zero attached hydrogens (tertiary/aromatic N) is 2. The average molecular weight is 215 g/mol. The zero-order chi connectivity index (χ0) is 10.7. The quantitative estimate of drug-likeness (QED) is 0.782. The lowest BCUT2D eigenvalue weighted by molar-refractivity contribution is 0.0688. The molecule has 5 heteroatoms. The van der Waals surface area contributed by atoms with E-state index in [-0.39, 0.29) is 10.8 Å². The van der Waals surface area contributed by atoms with E-state index in [1.165, 1.54) is 0 Å². The fraction of sp³-hybridized carbons (Fsp3) is 0.444. The van der Waals surface area contributed by atoms with Gasteiger partial charge in [0.15, 0.2) is 5.69 Å². The zero-order valence-corrected chi connectivity index (χ0v) is 8.75. The highest BCUT2D eigenvalue weighted by molar-refractivity contribution is 6.30. The third kappa shape index (κ3) is 2.42. The molecule has 76 valence electrons. The van der Waals surface area contributed by atoms with E-state index in [1.807, 2.05) is 13.8 Å². The molecule has 1 aromatic rings. The Morgan fingerprint density at radius 2 is 2.21 bits per heavy atom. The maximum Gasteiger partial charge on any atom is 0.354 e. The Labute approximate surface area is 87.0 Å². The number of hydrogen-bond acceptors (Lipinski definition) is 3. The molecule has 0 aliphatic heterocycles. The van der Waals surface area contributed by atoms with Crippen molar-refractivity contribution in [2.24, 2.45) is 5.92 Å². The molecule has 0 amide bonds. The van der Waals surface area contributed by atoms with Crippen molar-refractivity contribution < 1.29 is 9.90 Å². The minimum atomic E-state index is -1.06. The lowest BCUT2D eigenvalue weighted by atomic mass is 10.0. The highest BCUT2D eigenvalue weighted by Gasteiger charge is 2.16. The summed E-state index contributed by atoms with van der Waals surface area (Å²) in [5.41, 5.74) is 0.510. The van der Waals surface area contributed by atoms with Gasteiger partial charge in [0, 0.05) is 5.56 Å². The second-order valence-electron chi connectivity index (χ2n) is 3.39. The number of hydrogen-bond donors (Lipinski definition) is 1. The summed E-state index contributed by atoms with van der Waals surface area (Å²) in [6, 6.07) is 0. The second-order valence-corrected chi connectivity index (χ2v) is 3.75. The molecular formula is C9H11ClN2O2. The van der Waals surface area contributed by atoms with Crippen LogP contribution in [0.3, 0.4) is 0 Å². The number of aromatic carboxylic acids is 1. The van der Waals surface area contributed by atoms with Gasteiger partial charge in [0.05, 0.1) is 0 Å². The van der Waals surface area contributed by atoms with Crippen molar-refractivity contribution in [3.05, 3.63) is 22.7 Å². The summed E-state index contributed by atoms with van der Waals surface area (Å²) in [6.45, 7) is 3.96. The Morgan fingerprint density at radius 3 is 2.71 bits per heavy atom. The van der Waals surface area contributed by atoms with Crippen LogP contribution in [0.4, 0.5) is 0 Å². The lowest BCUT2D eigenvalue weighted by Gasteiger charge is -2.08. The fourth-order valence-electron chi connectivity index (χ4n) is 1.16. The van der Waals surface area contributed by atoms with E-state index in [4.69, 9.17) is 16.7 Å². The Balaban J connectivity index is 3.15. The van der Waals surface area contributed by atoms with Gasteiger partial charge in [-0.3, -0.25) is 0 Å². The van der Waals surface area contributed by atoms with Crippen molar-refractivity contribution in [3.63, 3.8) is 0 Å². The number of aromatic nitrogens is 2. The minimum Gasteiger partial charge on any atom is -0.476 e. The van der Waals surface area contributed by atoms with Gasteiger partial charge in [0.2, 0.25) is 0 Å². The Bertz CT molecular complexity index is 353. The van der Waals surface area contributed by atoms with Crippen LogP contribution in [-0.4, -0.2) is 21.0 Å². The van der Waals surface area contributed by atoms with Crippen molar-refractivity contribution in [1.82, 2.24) is 9.97 Å². The molecule has 1 N–H and O–H groups in total. The smallest absolute Gasteiger partial charge is 0.354 e. The summed E-state index contributed by atoms with van der Waals surface area (Å²) in [5, 5.41) is 9.08. The normalized spacial score (nSPS) is 10.6. The Kier molecular flexibility index (Phi) is 3.41. The van der Waals surface area contributed by atoms with E-state index in [0.717, 1.165) is 6.33 Å². The first-order chi connectivity index (χ1) is 6.52. The SMILES string of the molecule is CC(C)Cc1c(Cl)ncnc1C(=O)O. The maximum absolute atomic E-state index is 10.8. The highest BCUT2D eigenvalue weighted by Crippen LogP contribution is 2.19. The van der Waals surface area contributed by atoms with Gasteiger partial charge in [-0.25, -0.2) is 14.8 Å².